The summed E-state index contributed by atoms with van der Waals surface area (Å²) in [6, 6.07) is 7.67. The van der Waals surface area contributed by atoms with E-state index < -0.39 is 0 Å². The average molecular weight is 378 g/mol. The van der Waals surface area contributed by atoms with Crippen molar-refractivity contribution in [3.05, 3.63) is 62.6 Å². The van der Waals surface area contributed by atoms with Gasteiger partial charge in [-0.05, 0) is 57.0 Å². The molecule has 0 aliphatic heterocycles. The van der Waals surface area contributed by atoms with Crippen molar-refractivity contribution in [2.45, 2.75) is 27.7 Å². The first-order valence-electron chi connectivity index (χ1n) is 8.51. The number of aromatic nitrogens is 4. The maximum absolute atomic E-state index is 12.0. The highest BCUT2D eigenvalue weighted by Crippen LogP contribution is 2.34. The number of ether oxygens (including phenoxy) is 1. The van der Waals surface area contributed by atoms with E-state index in [9.17, 15) is 4.79 Å². The number of benzene rings is 1. The Balaban J connectivity index is 1.74. The molecule has 136 valence electrons. The zero-order valence-corrected chi connectivity index (χ0v) is 16.3. The molecule has 0 saturated heterocycles. The van der Waals surface area contributed by atoms with Crippen molar-refractivity contribution in [1.82, 2.24) is 20.2 Å². The van der Waals surface area contributed by atoms with Crippen LogP contribution in [0.5, 0.6) is 11.6 Å². The van der Waals surface area contributed by atoms with Gasteiger partial charge in [0.1, 0.15) is 10.4 Å². The lowest BCUT2D eigenvalue weighted by Crippen LogP contribution is -2.14. The number of nitrogens with zero attached hydrogens (tertiary/aromatic N) is 3. The van der Waals surface area contributed by atoms with Crippen molar-refractivity contribution in [1.29, 1.82) is 0 Å². The van der Waals surface area contributed by atoms with E-state index in [1.807, 2.05) is 52.0 Å². The molecule has 0 bridgehead atoms. The predicted molar refractivity (Wildman–Crippen MR) is 107 cm³/mol. The molecule has 0 unspecified atom stereocenters. The molecule has 0 fully saturated rings. The highest BCUT2D eigenvalue weighted by atomic mass is 32.1. The van der Waals surface area contributed by atoms with E-state index in [1.54, 1.807) is 17.5 Å². The standard InChI is InChI=1S/C20H18N4O2S/c1-10-9-14(26-20-18-16(7-8-21-20)22-13(4)27-18)5-6-15(10)17-11(2)19(25)24-23-12(17)3/h5-9H,1-4H3,(H,24,25). The Morgan fingerprint density at radius 1 is 1.11 bits per heavy atom. The molecule has 0 radical (unpaired) electrons. The monoisotopic (exact) mass is 378 g/mol. The Morgan fingerprint density at radius 3 is 2.70 bits per heavy atom. The fourth-order valence-electron chi connectivity index (χ4n) is 3.16. The lowest BCUT2D eigenvalue weighted by Gasteiger charge is -2.13. The molecule has 1 N–H and O–H groups in total. The molecular formula is C20H18N4O2S. The number of H-pyrrole nitrogens is 1. The second-order valence-electron chi connectivity index (χ2n) is 6.41. The van der Waals surface area contributed by atoms with Crippen LogP contribution in [0.4, 0.5) is 0 Å². The quantitative estimate of drug-likeness (QED) is 0.569. The van der Waals surface area contributed by atoms with Crippen LogP contribution in [0.2, 0.25) is 0 Å². The van der Waals surface area contributed by atoms with E-state index in [1.165, 1.54) is 0 Å². The van der Waals surface area contributed by atoms with Gasteiger partial charge in [-0.3, -0.25) is 4.79 Å². The van der Waals surface area contributed by atoms with Crippen LogP contribution < -0.4 is 10.3 Å². The zero-order chi connectivity index (χ0) is 19.1. The summed E-state index contributed by atoms with van der Waals surface area (Å²) in [7, 11) is 0. The van der Waals surface area contributed by atoms with Crippen LogP contribution in [0.1, 0.15) is 21.8 Å². The summed E-state index contributed by atoms with van der Waals surface area (Å²) < 4.78 is 6.97. The van der Waals surface area contributed by atoms with Crippen molar-refractivity contribution in [2.75, 3.05) is 0 Å². The van der Waals surface area contributed by atoms with Gasteiger partial charge in [-0.2, -0.15) is 5.10 Å². The molecule has 27 heavy (non-hydrogen) atoms. The number of rotatable bonds is 3. The molecule has 0 atom stereocenters. The number of hydrogen-bond donors (Lipinski definition) is 1. The van der Waals surface area contributed by atoms with Crippen molar-refractivity contribution in [2.24, 2.45) is 0 Å². The van der Waals surface area contributed by atoms with Crippen LogP contribution in [0.15, 0.2) is 35.3 Å². The Morgan fingerprint density at radius 2 is 1.93 bits per heavy atom. The summed E-state index contributed by atoms with van der Waals surface area (Å²) in [6.07, 6.45) is 1.70. The van der Waals surface area contributed by atoms with Crippen LogP contribution in [0.25, 0.3) is 21.3 Å². The summed E-state index contributed by atoms with van der Waals surface area (Å²) in [6.45, 7) is 7.66. The van der Waals surface area contributed by atoms with Gasteiger partial charge in [-0.25, -0.2) is 15.1 Å². The molecule has 3 aromatic heterocycles. The van der Waals surface area contributed by atoms with E-state index in [2.05, 4.69) is 20.2 Å². The van der Waals surface area contributed by atoms with Crippen molar-refractivity contribution < 1.29 is 4.74 Å². The number of fused-ring (bicyclic) bond motifs is 1. The second kappa shape index (κ2) is 6.59. The Kier molecular flexibility index (Phi) is 4.24. The Bertz CT molecular complexity index is 1230. The molecule has 0 spiro atoms. The van der Waals surface area contributed by atoms with Crippen molar-refractivity contribution in [3.63, 3.8) is 0 Å². The minimum absolute atomic E-state index is 0.174. The number of thiazole rings is 1. The smallest absolute Gasteiger partial charge is 0.267 e. The number of hydrogen-bond acceptors (Lipinski definition) is 6. The van der Waals surface area contributed by atoms with Crippen LogP contribution in [-0.4, -0.2) is 20.2 Å². The topological polar surface area (TPSA) is 80.8 Å². The number of aryl methyl sites for hydroxylation is 3. The zero-order valence-electron chi connectivity index (χ0n) is 15.5. The number of nitrogens with one attached hydrogen (secondary N) is 1. The maximum Gasteiger partial charge on any atom is 0.267 e. The minimum atomic E-state index is -0.174. The van der Waals surface area contributed by atoms with E-state index in [4.69, 9.17) is 4.74 Å². The first kappa shape index (κ1) is 17.4. The third-order valence-electron chi connectivity index (χ3n) is 4.46. The highest BCUT2D eigenvalue weighted by Gasteiger charge is 2.14. The van der Waals surface area contributed by atoms with Crippen LogP contribution >= 0.6 is 11.3 Å². The first-order chi connectivity index (χ1) is 12.9. The molecule has 1 aromatic carbocycles. The molecule has 6 nitrogen and oxygen atoms in total. The molecule has 3 heterocycles. The average Bonchev–Trinajstić information content (AvgIpc) is 3.02. The van der Waals surface area contributed by atoms with Crippen molar-refractivity contribution >= 4 is 21.6 Å². The summed E-state index contributed by atoms with van der Waals surface area (Å²) in [5, 5.41) is 7.59. The fraction of sp³-hybridized carbons (Fsp3) is 0.200. The first-order valence-corrected chi connectivity index (χ1v) is 9.32. The van der Waals surface area contributed by atoms with Gasteiger partial charge in [0, 0.05) is 17.3 Å². The highest BCUT2D eigenvalue weighted by molar-refractivity contribution is 7.18. The van der Waals surface area contributed by atoms with E-state index in [0.717, 1.165) is 37.6 Å². The Hall–Kier alpha value is -3.06. The van der Waals surface area contributed by atoms with Gasteiger partial charge in [0.05, 0.1) is 16.2 Å². The molecule has 0 saturated carbocycles. The van der Waals surface area contributed by atoms with Crippen LogP contribution in [0.3, 0.4) is 0 Å². The van der Waals surface area contributed by atoms with Gasteiger partial charge in [-0.15, -0.1) is 11.3 Å². The summed E-state index contributed by atoms with van der Waals surface area (Å²) in [5.74, 6) is 1.24. The van der Waals surface area contributed by atoms with Gasteiger partial charge >= 0.3 is 0 Å². The SMILES string of the molecule is Cc1nc2ccnc(Oc3ccc(-c4c(C)n[nH]c(=O)c4C)c(C)c3)c2s1. The molecular weight excluding hydrogens is 360 g/mol. The van der Waals surface area contributed by atoms with Gasteiger partial charge < -0.3 is 4.74 Å². The van der Waals surface area contributed by atoms with Crippen LogP contribution in [0, 0.1) is 27.7 Å². The largest absolute Gasteiger partial charge is 0.438 e. The van der Waals surface area contributed by atoms with Crippen LogP contribution in [-0.2, 0) is 0 Å². The molecule has 0 amide bonds. The third kappa shape index (κ3) is 3.10. The maximum atomic E-state index is 12.0. The fourth-order valence-corrected chi connectivity index (χ4v) is 4.00. The number of pyridine rings is 1. The number of aromatic amines is 1. The predicted octanol–water partition coefficient (Wildman–Crippen LogP) is 4.47. The minimum Gasteiger partial charge on any atom is -0.438 e. The summed E-state index contributed by atoms with van der Waals surface area (Å²) >= 11 is 1.56. The third-order valence-corrected chi connectivity index (χ3v) is 5.44. The molecule has 7 heteroatoms. The second-order valence-corrected chi connectivity index (χ2v) is 7.62. The Labute approximate surface area is 159 Å². The van der Waals surface area contributed by atoms with E-state index >= 15 is 0 Å². The lowest BCUT2D eigenvalue weighted by atomic mass is 9.96. The normalized spacial score (nSPS) is 11.1. The van der Waals surface area contributed by atoms with Gasteiger partial charge in [0.2, 0.25) is 5.88 Å². The molecule has 0 aliphatic rings. The summed E-state index contributed by atoms with van der Waals surface area (Å²) in [4.78, 5) is 20.8. The van der Waals surface area contributed by atoms with Gasteiger partial charge in [0.15, 0.2) is 0 Å². The lowest BCUT2D eigenvalue weighted by molar-refractivity contribution is 0.469. The molecule has 0 aliphatic carbocycles. The van der Waals surface area contributed by atoms with Crippen molar-refractivity contribution in [3.8, 4) is 22.8 Å². The molecule has 4 aromatic rings. The molecule has 4 rings (SSSR count). The summed E-state index contributed by atoms with van der Waals surface area (Å²) in [5.41, 5.74) is 4.99. The van der Waals surface area contributed by atoms with E-state index in [-0.39, 0.29) is 5.56 Å². The van der Waals surface area contributed by atoms with Gasteiger partial charge in [0.25, 0.3) is 5.56 Å². The van der Waals surface area contributed by atoms with Gasteiger partial charge in [-0.1, -0.05) is 6.07 Å². The van der Waals surface area contributed by atoms with E-state index in [0.29, 0.717) is 17.2 Å².